The molecule has 4 fully saturated rings. The van der Waals surface area contributed by atoms with Crippen LogP contribution in [0, 0.1) is 52.3 Å². The summed E-state index contributed by atoms with van der Waals surface area (Å²) in [5, 5.41) is 0. The summed E-state index contributed by atoms with van der Waals surface area (Å²) in [7, 11) is 0. The van der Waals surface area contributed by atoms with Crippen LogP contribution in [0.5, 0.6) is 11.5 Å². The van der Waals surface area contributed by atoms with Gasteiger partial charge in [-0.3, -0.25) is 0 Å². The molecule has 0 heterocycles. The van der Waals surface area contributed by atoms with Crippen LogP contribution in [-0.2, 0) is 9.53 Å². The molecule has 6 nitrogen and oxygen atoms in total. The van der Waals surface area contributed by atoms with E-state index in [1.165, 1.54) is 76.7 Å². The largest absolute Gasteiger partial charge is 0.491 e. The van der Waals surface area contributed by atoms with Crippen molar-refractivity contribution in [3.05, 3.63) is 54.1 Å². The first-order valence-electron chi connectivity index (χ1n) is 21.9. The predicted octanol–water partition coefficient (Wildman–Crippen LogP) is 11.9. The second-order valence-corrected chi connectivity index (χ2v) is 18.8. The average Bonchev–Trinajstić information content (AvgIpc) is 3.50. The number of ether oxygens (including phenoxy) is 3. The minimum absolute atomic E-state index is 0.294. The fraction of sp³-hybridized carbons (Fsp3) is 0.688. The molecule has 6 heteroatoms. The fourth-order valence-corrected chi connectivity index (χ4v) is 12.0. The highest BCUT2D eigenvalue weighted by atomic mass is 16.5. The van der Waals surface area contributed by atoms with E-state index in [-0.39, 0.29) is 5.97 Å². The van der Waals surface area contributed by atoms with Crippen LogP contribution in [0.1, 0.15) is 143 Å². The third kappa shape index (κ3) is 9.62. The Morgan fingerprint density at radius 1 is 0.815 bits per heavy atom. The summed E-state index contributed by atoms with van der Waals surface area (Å²) in [5.74, 6) is 7.49. The van der Waals surface area contributed by atoms with Crippen molar-refractivity contribution < 1.29 is 19.0 Å². The number of esters is 1. The molecule has 4 aliphatic rings. The Bertz CT molecular complexity index is 1540. The molecule has 0 amide bonds. The summed E-state index contributed by atoms with van der Waals surface area (Å²) in [6.45, 7) is 13.8. The Kier molecular flexibility index (Phi) is 13.7. The van der Waals surface area contributed by atoms with E-state index >= 15 is 0 Å². The topological polar surface area (TPSA) is 96.8 Å². The quantitative estimate of drug-likeness (QED) is 0.0725. The van der Waals surface area contributed by atoms with Gasteiger partial charge in [-0.25, -0.2) is 4.79 Å². The molecule has 2 aromatic rings. The fourth-order valence-electron chi connectivity index (χ4n) is 12.0. The lowest BCUT2D eigenvalue weighted by atomic mass is 9.44. The number of nitrogen functional groups attached to an aromatic ring is 2. The first-order chi connectivity index (χ1) is 26.0. The van der Waals surface area contributed by atoms with E-state index in [1.807, 2.05) is 18.2 Å². The van der Waals surface area contributed by atoms with E-state index in [1.54, 1.807) is 18.2 Å². The lowest BCUT2D eigenvalue weighted by Crippen LogP contribution is -2.54. The number of anilines is 2. The molecule has 9 atom stereocenters. The highest BCUT2D eigenvalue weighted by Gasteiger charge is 2.60. The number of carbonyl (C=O) groups is 1. The molecule has 4 aliphatic carbocycles. The minimum Gasteiger partial charge on any atom is -0.491 e. The van der Waals surface area contributed by atoms with Gasteiger partial charge in [-0.05, 0) is 178 Å². The van der Waals surface area contributed by atoms with Gasteiger partial charge in [0, 0.05) is 11.8 Å². The number of nitrogens with two attached hydrogens (primary N) is 2. The number of rotatable bonds is 17. The van der Waals surface area contributed by atoms with Crippen molar-refractivity contribution >= 4 is 23.4 Å². The van der Waals surface area contributed by atoms with Crippen molar-refractivity contribution in [2.45, 2.75) is 143 Å². The minimum atomic E-state index is -0.306. The van der Waals surface area contributed by atoms with Crippen molar-refractivity contribution in [2.75, 3.05) is 24.7 Å². The molecule has 4 N–H and O–H groups in total. The summed E-state index contributed by atoms with van der Waals surface area (Å²) in [4.78, 5) is 12.3. The van der Waals surface area contributed by atoms with Gasteiger partial charge in [-0.1, -0.05) is 66.0 Å². The van der Waals surface area contributed by atoms with Crippen molar-refractivity contribution in [1.29, 1.82) is 0 Å². The van der Waals surface area contributed by atoms with Crippen LogP contribution in [0.4, 0.5) is 11.4 Å². The third-order valence-corrected chi connectivity index (χ3v) is 15.0. The van der Waals surface area contributed by atoms with Crippen LogP contribution in [0.2, 0.25) is 0 Å². The summed E-state index contributed by atoms with van der Waals surface area (Å²) in [5.41, 5.74) is 14.9. The number of hydrogen-bond donors (Lipinski definition) is 2. The molecule has 0 spiro atoms. The van der Waals surface area contributed by atoms with Crippen molar-refractivity contribution in [3.63, 3.8) is 0 Å². The highest BCUT2D eigenvalue weighted by Crippen LogP contribution is 2.68. The molecule has 0 saturated heterocycles. The van der Waals surface area contributed by atoms with Gasteiger partial charge in [0.2, 0.25) is 0 Å². The molecule has 298 valence electrons. The predicted molar refractivity (Wildman–Crippen MR) is 223 cm³/mol. The Morgan fingerprint density at radius 2 is 1.56 bits per heavy atom. The van der Waals surface area contributed by atoms with E-state index in [2.05, 4.69) is 46.8 Å². The van der Waals surface area contributed by atoms with Crippen LogP contribution in [0.25, 0.3) is 6.08 Å². The molecule has 0 aromatic heterocycles. The van der Waals surface area contributed by atoms with E-state index < -0.39 is 0 Å². The molecule has 0 aliphatic heterocycles. The van der Waals surface area contributed by atoms with E-state index in [0.29, 0.717) is 47.3 Å². The van der Waals surface area contributed by atoms with Crippen LogP contribution < -0.4 is 20.9 Å². The molecular weight excluding hydrogens is 669 g/mol. The van der Waals surface area contributed by atoms with Gasteiger partial charge in [-0.15, -0.1) is 0 Å². The standard InChI is InChI=1S/C48H72N2O4/c1-33(2)11-10-12-34(3)41-21-22-42-40-20-16-36-31-39(25-27-47(36,4)43(40)26-28-48(41,42)5)54-38-18-13-35(14-19-38)15-24-46(51)53-30-9-7-6-8-29-52-45-23-17-37(49)32-44(45)50/h13-15,17-19,23-24,32-34,36,39-43H,6-12,16,20-22,25-31,49-50H2,1-5H3/b24-15+/t34-,36+,39?,40-,41-,42-,43-,47-,48+/m0/s1. The van der Waals surface area contributed by atoms with Crippen LogP contribution >= 0.6 is 0 Å². The van der Waals surface area contributed by atoms with Crippen LogP contribution in [-0.4, -0.2) is 25.3 Å². The van der Waals surface area contributed by atoms with E-state index in [9.17, 15) is 4.79 Å². The molecule has 54 heavy (non-hydrogen) atoms. The average molecular weight is 741 g/mol. The van der Waals surface area contributed by atoms with E-state index in [4.69, 9.17) is 25.7 Å². The third-order valence-electron chi connectivity index (χ3n) is 15.0. The first kappa shape index (κ1) is 40.5. The zero-order valence-electron chi connectivity index (χ0n) is 34.3. The van der Waals surface area contributed by atoms with Crippen molar-refractivity contribution in [1.82, 2.24) is 0 Å². The molecule has 6 rings (SSSR count). The maximum atomic E-state index is 12.3. The summed E-state index contributed by atoms with van der Waals surface area (Å²) >= 11 is 0. The smallest absolute Gasteiger partial charge is 0.330 e. The summed E-state index contributed by atoms with van der Waals surface area (Å²) in [6.07, 6.45) is 23.9. The maximum Gasteiger partial charge on any atom is 0.330 e. The van der Waals surface area contributed by atoms with Gasteiger partial charge in [0.25, 0.3) is 0 Å². The molecule has 2 aromatic carbocycles. The van der Waals surface area contributed by atoms with Gasteiger partial charge in [0.15, 0.2) is 0 Å². The first-order valence-corrected chi connectivity index (χ1v) is 21.9. The molecule has 4 saturated carbocycles. The van der Waals surface area contributed by atoms with Gasteiger partial charge < -0.3 is 25.7 Å². The lowest BCUT2D eigenvalue weighted by molar-refractivity contribution is -0.137. The maximum absolute atomic E-state index is 12.3. The summed E-state index contributed by atoms with van der Waals surface area (Å²) < 4.78 is 17.8. The molecule has 1 unspecified atom stereocenters. The van der Waals surface area contributed by atoms with E-state index in [0.717, 1.165) is 84.8 Å². The number of benzene rings is 2. The van der Waals surface area contributed by atoms with Gasteiger partial charge >= 0.3 is 5.97 Å². The zero-order chi connectivity index (χ0) is 38.3. The molecular formula is C48H72N2O4. The number of fused-ring (bicyclic) bond motifs is 5. The normalized spacial score (nSPS) is 31.1. The molecule has 0 radical (unpaired) electrons. The SMILES string of the molecule is CC(C)CCC[C@H](C)[C@@H]1CC[C@H]2[C@@H]3CC[C@@H]4CC(Oc5ccc(/C=C/C(=O)OCCCCCCOc6ccc(N)cc6N)cc5)CC[C@]4(C)[C@H]3CC[C@@]21C. The van der Waals surface area contributed by atoms with Gasteiger partial charge in [0.05, 0.1) is 25.0 Å². The van der Waals surface area contributed by atoms with Gasteiger partial charge in [0.1, 0.15) is 11.5 Å². The lowest BCUT2D eigenvalue weighted by Gasteiger charge is -2.61. The zero-order valence-corrected chi connectivity index (χ0v) is 34.3. The number of hydrogen-bond acceptors (Lipinski definition) is 6. The Labute approximate surface area is 327 Å². The number of unbranched alkanes of at least 4 members (excludes halogenated alkanes) is 3. The van der Waals surface area contributed by atoms with Crippen molar-refractivity contribution in [2.24, 2.45) is 52.3 Å². The second-order valence-electron chi connectivity index (χ2n) is 18.8. The Hall–Kier alpha value is -3.15. The van der Waals surface area contributed by atoms with Gasteiger partial charge in [-0.2, -0.15) is 0 Å². The highest BCUT2D eigenvalue weighted by molar-refractivity contribution is 5.87. The molecule has 0 bridgehead atoms. The van der Waals surface area contributed by atoms with Crippen molar-refractivity contribution in [3.8, 4) is 11.5 Å². The second kappa shape index (κ2) is 18.2. The Balaban J connectivity index is 0.891. The Morgan fingerprint density at radius 3 is 2.31 bits per heavy atom. The number of carbonyl (C=O) groups excluding carboxylic acids is 1. The van der Waals surface area contributed by atoms with Crippen LogP contribution in [0.3, 0.4) is 0 Å². The monoisotopic (exact) mass is 741 g/mol. The summed E-state index contributed by atoms with van der Waals surface area (Å²) in [6, 6.07) is 13.5. The van der Waals surface area contributed by atoms with Crippen LogP contribution in [0.15, 0.2) is 48.5 Å².